The molecule has 0 aliphatic rings. The van der Waals surface area contributed by atoms with E-state index in [1.807, 2.05) is 13.8 Å². The largest absolute Gasteiger partial charge is 0.338 e. The fourth-order valence-corrected chi connectivity index (χ4v) is 1.43. The van der Waals surface area contributed by atoms with Gasteiger partial charge >= 0.3 is 6.03 Å². The van der Waals surface area contributed by atoms with Crippen molar-refractivity contribution in [2.45, 2.75) is 40.2 Å². The lowest BCUT2D eigenvalue weighted by Crippen LogP contribution is -2.46. The minimum atomic E-state index is -0.0588. The van der Waals surface area contributed by atoms with E-state index in [0.29, 0.717) is 0 Å². The lowest BCUT2D eigenvalue weighted by molar-refractivity contribution is 0.228. The molecular weight excluding hydrogens is 190 g/mol. The average Bonchev–Trinajstić information content (AvgIpc) is 2.22. The number of likely N-dealkylation sites (N-methyl/N-ethyl adjacent to an activating group) is 1. The van der Waals surface area contributed by atoms with Crippen molar-refractivity contribution in [2.75, 3.05) is 26.2 Å². The van der Waals surface area contributed by atoms with Crippen molar-refractivity contribution in [1.82, 2.24) is 15.5 Å². The van der Waals surface area contributed by atoms with Crippen LogP contribution in [0.5, 0.6) is 0 Å². The summed E-state index contributed by atoms with van der Waals surface area (Å²) < 4.78 is 0. The third kappa shape index (κ3) is 7.19. The van der Waals surface area contributed by atoms with Crippen LogP contribution in [0.25, 0.3) is 0 Å². The number of nitrogens with one attached hydrogen (secondary N) is 2. The molecule has 0 saturated carbocycles. The molecule has 0 aromatic carbocycles. The summed E-state index contributed by atoms with van der Waals surface area (Å²) in [5.41, 5.74) is 0. The highest BCUT2D eigenvalue weighted by Gasteiger charge is 2.09. The van der Waals surface area contributed by atoms with Gasteiger partial charge in [-0.1, -0.05) is 20.8 Å². The third-order valence-electron chi connectivity index (χ3n) is 2.34. The van der Waals surface area contributed by atoms with Gasteiger partial charge in [-0.15, -0.1) is 0 Å². The maximum atomic E-state index is 11.3. The van der Waals surface area contributed by atoms with E-state index in [1.165, 1.54) is 0 Å². The Morgan fingerprint density at radius 3 is 2.33 bits per heavy atom. The van der Waals surface area contributed by atoms with Crippen LogP contribution >= 0.6 is 0 Å². The van der Waals surface area contributed by atoms with Crippen LogP contribution in [0.1, 0.15) is 34.1 Å². The van der Waals surface area contributed by atoms with E-state index in [9.17, 15) is 4.79 Å². The van der Waals surface area contributed by atoms with Crippen LogP contribution in [-0.2, 0) is 0 Å². The monoisotopic (exact) mass is 215 g/mol. The predicted octanol–water partition coefficient (Wildman–Crippen LogP) is 1.43. The zero-order chi connectivity index (χ0) is 11.7. The molecule has 15 heavy (non-hydrogen) atoms. The van der Waals surface area contributed by atoms with Gasteiger partial charge in [0.2, 0.25) is 0 Å². The van der Waals surface area contributed by atoms with Crippen LogP contribution in [0.2, 0.25) is 0 Å². The topological polar surface area (TPSA) is 44.4 Å². The van der Waals surface area contributed by atoms with Gasteiger partial charge in [-0.2, -0.15) is 0 Å². The van der Waals surface area contributed by atoms with Crippen LogP contribution in [0.4, 0.5) is 4.79 Å². The molecule has 0 saturated heterocycles. The molecular formula is C11H25N3O. The lowest BCUT2D eigenvalue weighted by Gasteiger charge is -2.23. The van der Waals surface area contributed by atoms with Crippen molar-refractivity contribution in [3.8, 4) is 0 Å². The smallest absolute Gasteiger partial charge is 0.315 e. The summed E-state index contributed by atoms with van der Waals surface area (Å²) in [5, 5.41) is 5.73. The first-order valence-electron chi connectivity index (χ1n) is 5.90. The highest BCUT2D eigenvalue weighted by molar-refractivity contribution is 5.74. The molecule has 90 valence electrons. The Bertz CT molecular complexity index is 169. The summed E-state index contributed by atoms with van der Waals surface area (Å²) in [4.78, 5) is 13.6. The first-order chi connectivity index (χ1) is 7.13. The minimum absolute atomic E-state index is 0.0588. The first-order valence-corrected chi connectivity index (χ1v) is 5.90. The number of nitrogens with zero attached hydrogens (tertiary/aromatic N) is 1. The van der Waals surface area contributed by atoms with E-state index in [0.717, 1.165) is 32.6 Å². The van der Waals surface area contributed by atoms with Gasteiger partial charge in [0.25, 0.3) is 0 Å². The van der Waals surface area contributed by atoms with E-state index in [-0.39, 0.29) is 12.1 Å². The van der Waals surface area contributed by atoms with Crippen molar-refractivity contribution in [2.24, 2.45) is 0 Å². The Balaban J connectivity index is 3.71. The molecule has 1 unspecified atom stereocenters. The molecule has 4 nitrogen and oxygen atoms in total. The summed E-state index contributed by atoms with van der Waals surface area (Å²) in [6.07, 6.45) is 0.970. The molecule has 0 heterocycles. The highest BCUT2D eigenvalue weighted by atomic mass is 16.2. The Hall–Kier alpha value is -0.770. The van der Waals surface area contributed by atoms with Gasteiger partial charge in [-0.3, -0.25) is 0 Å². The zero-order valence-electron chi connectivity index (χ0n) is 10.5. The third-order valence-corrected chi connectivity index (χ3v) is 2.34. The van der Waals surface area contributed by atoms with Gasteiger partial charge in [-0.25, -0.2) is 4.79 Å². The van der Waals surface area contributed by atoms with Crippen molar-refractivity contribution < 1.29 is 4.79 Å². The molecule has 0 aromatic heterocycles. The van der Waals surface area contributed by atoms with E-state index in [4.69, 9.17) is 0 Å². The molecule has 0 aliphatic carbocycles. The summed E-state index contributed by atoms with van der Waals surface area (Å²) >= 11 is 0. The number of hydrogen-bond donors (Lipinski definition) is 2. The number of carbonyl (C=O) groups excluding carboxylic acids is 1. The summed E-state index contributed by atoms with van der Waals surface area (Å²) in [5.74, 6) is 0. The van der Waals surface area contributed by atoms with Crippen molar-refractivity contribution in [3.05, 3.63) is 0 Å². The van der Waals surface area contributed by atoms with Crippen LogP contribution < -0.4 is 10.6 Å². The van der Waals surface area contributed by atoms with Crippen LogP contribution in [0, 0.1) is 0 Å². The molecule has 0 rings (SSSR count). The molecule has 0 fully saturated rings. The van der Waals surface area contributed by atoms with Gasteiger partial charge in [-0.05, 0) is 26.4 Å². The second-order valence-electron chi connectivity index (χ2n) is 3.79. The van der Waals surface area contributed by atoms with Crippen LogP contribution in [0.15, 0.2) is 0 Å². The average molecular weight is 215 g/mol. The SMILES string of the molecule is CCCNC(=O)NC(C)CN(CC)CC. The van der Waals surface area contributed by atoms with E-state index >= 15 is 0 Å². The zero-order valence-corrected chi connectivity index (χ0v) is 10.5. The second-order valence-corrected chi connectivity index (χ2v) is 3.79. The van der Waals surface area contributed by atoms with E-state index < -0.39 is 0 Å². The van der Waals surface area contributed by atoms with Crippen LogP contribution in [-0.4, -0.2) is 43.2 Å². The van der Waals surface area contributed by atoms with E-state index in [2.05, 4.69) is 29.4 Å². The molecule has 0 bridgehead atoms. The molecule has 2 N–H and O–H groups in total. The van der Waals surface area contributed by atoms with Gasteiger partial charge in [0, 0.05) is 19.1 Å². The normalized spacial score (nSPS) is 12.6. The molecule has 0 radical (unpaired) electrons. The maximum absolute atomic E-state index is 11.3. The standard InChI is InChI=1S/C11H25N3O/c1-5-8-12-11(15)13-10(4)9-14(6-2)7-3/h10H,5-9H2,1-4H3,(H2,12,13,15). The fraction of sp³-hybridized carbons (Fsp3) is 0.909. The quantitative estimate of drug-likeness (QED) is 0.674. The van der Waals surface area contributed by atoms with Gasteiger partial charge < -0.3 is 15.5 Å². The number of hydrogen-bond acceptors (Lipinski definition) is 2. The maximum Gasteiger partial charge on any atom is 0.315 e. The first kappa shape index (κ1) is 14.2. The van der Waals surface area contributed by atoms with Crippen molar-refractivity contribution in [3.63, 3.8) is 0 Å². The lowest BCUT2D eigenvalue weighted by atomic mass is 10.3. The Kier molecular flexibility index (Phi) is 8.09. The number of carbonyl (C=O) groups is 1. The Morgan fingerprint density at radius 1 is 1.27 bits per heavy atom. The van der Waals surface area contributed by atoms with Crippen LogP contribution in [0.3, 0.4) is 0 Å². The Morgan fingerprint density at radius 2 is 1.87 bits per heavy atom. The molecule has 0 aromatic rings. The minimum Gasteiger partial charge on any atom is -0.338 e. The van der Waals surface area contributed by atoms with Gasteiger partial charge in [0.1, 0.15) is 0 Å². The molecule has 0 spiro atoms. The van der Waals surface area contributed by atoms with E-state index in [1.54, 1.807) is 0 Å². The van der Waals surface area contributed by atoms with Gasteiger partial charge in [0.15, 0.2) is 0 Å². The number of rotatable bonds is 7. The summed E-state index contributed by atoms with van der Waals surface area (Å²) in [6.45, 7) is 12.0. The second kappa shape index (κ2) is 8.53. The fourth-order valence-electron chi connectivity index (χ4n) is 1.43. The summed E-state index contributed by atoms with van der Waals surface area (Å²) in [7, 11) is 0. The number of amides is 2. The summed E-state index contributed by atoms with van der Waals surface area (Å²) in [6, 6.07) is 0.137. The molecule has 1 atom stereocenters. The molecule has 4 heteroatoms. The highest BCUT2D eigenvalue weighted by Crippen LogP contribution is 1.91. The van der Waals surface area contributed by atoms with Crippen molar-refractivity contribution >= 4 is 6.03 Å². The molecule has 2 amide bonds. The number of urea groups is 1. The Labute approximate surface area is 93.4 Å². The molecule has 0 aliphatic heterocycles. The van der Waals surface area contributed by atoms with Crippen molar-refractivity contribution in [1.29, 1.82) is 0 Å². The van der Waals surface area contributed by atoms with Gasteiger partial charge in [0.05, 0.1) is 0 Å². The predicted molar refractivity (Wildman–Crippen MR) is 64.1 cm³/mol.